The van der Waals surface area contributed by atoms with E-state index >= 15 is 0 Å². The number of nitrogens with zero attached hydrogens (tertiary/aromatic N) is 1. The molecule has 1 fully saturated rings. The fraction of sp³-hybridized carbons (Fsp3) is 0.600. The fourth-order valence-electron chi connectivity index (χ4n) is 2.71. The molecule has 0 aliphatic carbocycles. The maximum absolute atomic E-state index is 3.57. The molecule has 1 heterocycles. The van der Waals surface area contributed by atoms with Crippen LogP contribution in [0.2, 0.25) is 0 Å². The maximum Gasteiger partial charge on any atom is 0.0235 e. The van der Waals surface area contributed by atoms with Crippen LogP contribution in [0.4, 0.5) is 0 Å². The molecule has 94 valence electrons. The van der Waals surface area contributed by atoms with Crippen LogP contribution in [-0.4, -0.2) is 30.1 Å². The van der Waals surface area contributed by atoms with Crippen LogP contribution in [0.3, 0.4) is 0 Å². The van der Waals surface area contributed by atoms with Crippen LogP contribution in [0.5, 0.6) is 0 Å². The van der Waals surface area contributed by atoms with Crippen molar-refractivity contribution in [1.82, 2.24) is 10.2 Å². The average Bonchev–Trinajstić information content (AvgIpc) is 2.28. The zero-order valence-corrected chi connectivity index (χ0v) is 11.2. The molecule has 1 saturated heterocycles. The van der Waals surface area contributed by atoms with Gasteiger partial charge in [-0.1, -0.05) is 31.2 Å². The first-order valence-electron chi connectivity index (χ1n) is 6.73. The van der Waals surface area contributed by atoms with Crippen molar-refractivity contribution in [3.63, 3.8) is 0 Å². The minimum absolute atomic E-state index is 0.605. The van der Waals surface area contributed by atoms with Crippen LogP contribution in [0.15, 0.2) is 24.3 Å². The maximum atomic E-state index is 3.57. The molecule has 17 heavy (non-hydrogen) atoms. The van der Waals surface area contributed by atoms with Gasteiger partial charge in [-0.3, -0.25) is 4.90 Å². The van der Waals surface area contributed by atoms with Gasteiger partial charge in [0.05, 0.1) is 0 Å². The topological polar surface area (TPSA) is 15.3 Å². The molecule has 1 aromatic carbocycles. The van der Waals surface area contributed by atoms with Gasteiger partial charge in [0.1, 0.15) is 0 Å². The molecule has 2 unspecified atom stereocenters. The second-order valence-electron chi connectivity index (χ2n) is 5.33. The largest absolute Gasteiger partial charge is 0.309 e. The first-order chi connectivity index (χ1) is 8.17. The van der Waals surface area contributed by atoms with E-state index in [0.29, 0.717) is 12.1 Å². The quantitative estimate of drug-likeness (QED) is 0.861. The number of hydrogen-bond acceptors (Lipinski definition) is 2. The summed E-state index contributed by atoms with van der Waals surface area (Å²) in [6.07, 6.45) is 1.13. The Morgan fingerprint density at radius 1 is 1.06 bits per heavy atom. The molecule has 2 rings (SSSR count). The summed E-state index contributed by atoms with van der Waals surface area (Å²) < 4.78 is 0. The van der Waals surface area contributed by atoms with Crippen LogP contribution in [0.25, 0.3) is 0 Å². The zero-order valence-electron chi connectivity index (χ0n) is 11.2. The highest BCUT2D eigenvalue weighted by Gasteiger charge is 2.20. The molecule has 2 atom stereocenters. The lowest BCUT2D eigenvalue weighted by Crippen LogP contribution is -2.53. The Morgan fingerprint density at radius 2 is 1.59 bits per heavy atom. The highest BCUT2D eigenvalue weighted by Crippen LogP contribution is 2.11. The number of benzene rings is 1. The van der Waals surface area contributed by atoms with E-state index in [9.17, 15) is 0 Å². The normalized spacial score (nSPS) is 26.1. The Hall–Kier alpha value is -0.860. The van der Waals surface area contributed by atoms with E-state index < -0.39 is 0 Å². The van der Waals surface area contributed by atoms with E-state index in [1.54, 1.807) is 0 Å². The van der Waals surface area contributed by atoms with Crippen molar-refractivity contribution in [3.8, 4) is 0 Å². The number of nitrogens with one attached hydrogen (secondary N) is 1. The summed E-state index contributed by atoms with van der Waals surface area (Å²) >= 11 is 0. The van der Waals surface area contributed by atoms with E-state index in [0.717, 1.165) is 26.1 Å². The minimum atomic E-state index is 0.605. The Bertz CT molecular complexity index is 334. The van der Waals surface area contributed by atoms with Gasteiger partial charge in [-0.2, -0.15) is 0 Å². The molecule has 2 heteroatoms. The molecule has 1 aromatic rings. The molecule has 1 aliphatic heterocycles. The molecular weight excluding hydrogens is 208 g/mol. The highest BCUT2D eigenvalue weighted by atomic mass is 15.2. The van der Waals surface area contributed by atoms with Crippen LogP contribution in [0, 0.1) is 0 Å². The van der Waals surface area contributed by atoms with E-state index in [1.165, 1.54) is 11.1 Å². The van der Waals surface area contributed by atoms with Crippen molar-refractivity contribution in [3.05, 3.63) is 35.4 Å². The Labute approximate surface area is 105 Å². The van der Waals surface area contributed by atoms with Crippen molar-refractivity contribution in [1.29, 1.82) is 0 Å². The van der Waals surface area contributed by atoms with E-state index in [1.807, 2.05) is 0 Å². The standard InChI is InChI=1S/C15H24N2/c1-4-14-5-7-15(8-6-14)11-17-9-12(2)16-13(3)10-17/h5-8,12-13,16H,4,9-11H2,1-3H3. The predicted octanol–water partition coefficient (Wildman–Crippen LogP) is 2.43. The summed E-state index contributed by atoms with van der Waals surface area (Å²) in [5.74, 6) is 0. The first kappa shape index (κ1) is 12.6. The zero-order chi connectivity index (χ0) is 12.3. The smallest absolute Gasteiger partial charge is 0.0235 e. The summed E-state index contributed by atoms with van der Waals surface area (Å²) in [4.78, 5) is 2.55. The molecular formula is C15H24N2. The third-order valence-electron chi connectivity index (χ3n) is 3.47. The molecule has 0 spiro atoms. The summed E-state index contributed by atoms with van der Waals surface area (Å²) in [6, 6.07) is 10.3. The average molecular weight is 232 g/mol. The van der Waals surface area contributed by atoms with Crippen LogP contribution in [-0.2, 0) is 13.0 Å². The molecule has 0 saturated carbocycles. The SMILES string of the molecule is CCc1ccc(CN2CC(C)NC(C)C2)cc1. The van der Waals surface area contributed by atoms with Crippen molar-refractivity contribution in [2.75, 3.05) is 13.1 Å². The molecule has 0 radical (unpaired) electrons. The van der Waals surface area contributed by atoms with Gasteiger partial charge in [-0.05, 0) is 31.4 Å². The lowest BCUT2D eigenvalue weighted by molar-refractivity contribution is 0.166. The van der Waals surface area contributed by atoms with Crippen LogP contribution in [0.1, 0.15) is 31.9 Å². The van der Waals surface area contributed by atoms with Gasteiger partial charge in [0.15, 0.2) is 0 Å². The van der Waals surface area contributed by atoms with Gasteiger partial charge in [-0.25, -0.2) is 0 Å². The van der Waals surface area contributed by atoms with Crippen LogP contribution < -0.4 is 5.32 Å². The summed E-state index contributed by atoms with van der Waals surface area (Å²) in [5.41, 5.74) is 2.86. The van der Waals surface area contributed by atoms with Crippen molar-refractivity contribution >= 4 is 0 Å². The number of rotatable bonds is 3. The van der Waals surface area contributed by atoms with Gasteiger partial charge in [0, 0.05) is 31.7 Å². The summed E-state index contributed by atoms with van der Waals surface area (Å²) in [7, 11) is 0. The van der Waals surface area contributed by atoms with Crippen LogP contribution >= 0.6 is 0 Å². The molecule has 0 aromatic heterocycles. The molecule has 1 N–H and O–H groups in total. The number of piperazine rings is 1. The summed E-state index contributed by atoms with van der Waals surface area (Å²) in [5, 5.41) is 3.57. The third kappa shape index (κ3) is 3.55. The van der Waals surface area contributed by atoms with Gasteiger partial charge in [-0.15, -0.1) is 0 Å². The van der Waals surface area contributed by atoms with Gasteiger partial charge < -0.3 is 5.32 Å². The Balaban J connectivity index is 1.95. The highest BCUT2D eigenvalue weighted by molar-refractivity contribution is 5.22. The molecule has 2 nitrogen and oxygen atoms in total. The molecule has 0 bridgehead atoms. The first-order valence-corrected chi connectivity index (χ1v) is 6.73. The Kier molecular flexibility index (Phi) is 4.19. The monoisotopic (exact) mass is 232 g/mol. The van der Waals surface area contributed by atoms with Gasteiger partial charge in [0.2, 0.25) is 0 Å². The van der Waals surface area contributed by atoms with Crippen molar-refractivity contribution in [2.45, 2.75) is 45.8 Å². The number of aryl methyl sites for hydroxylation is 1. The minimum Gasteiger partial charge on any atom is -0.309 e. The predicted molar refractivity (Wildman–Crippen MR) is 73.2 cm³/mol. The van der Waals surface area contributed by atoms with E-state index in [4.69, 9.17) is 0 Å². The Morgan fingerprint density at radius 3 is 2.12 bits per heavy atom. The van der Waals surface area contributed by atoms with E-state index in [2.05, 4.69) is 55.3 Å². The van der Waals surface area contributed by atoms with Crippen molar-refractivity contribution < 1.29 is 0 Å². The fourth-order valence-corrected chi connectivity index (χ4v) is 2.71. The second-order valence-corrected chi connectivity index (χ2v) is 5.33. The summed E-state index contributed by atoms with van der Waals surface area (Å²) in [6.45, 7) is 10.1. The number of hydrogen-bond donors (Lipinski definition) is 1. The van der Waals surface area contributed by atoms with Gasteiger partial charge in [0.25, 0.3) is 0 Å². The van der Waals surface area contributed by atoms with E-state index in [-0.39, 0.29) is 0 Å². The third-order valence-corrected chi connectivity index (χ3v) is 3.47. The second kappa shape index (κ2) is 5.65. The molecule has 0 amide bonds. The lowest BCUT2D eigenvalue weighted by atomic mass is 10.1. The van der Waals surface area contributed by atoms with Gasteiger partial charge >= 0.3 is 0 Å². The van der Waals surface area contributed by atoms with Crippen molar-refractivity contribution in [2.24, 2.45) is 0 Å². The lowest BCUT2D eigenvalue weighted by Gasteiger charge is -2.36. The molecule has 1 aliphatic rings.